The zero-order valence-corrected chi connectivity index (χ0v) is 19.4. The van der Waals surface area contributed by atoms with Gasteiger partial charge in [0, 0.05) is 6.54 Å². The van der Waals surface area contributed by atoms with Crippen LogP contribution in [0.25, 0.3) is 22.4 Å². The molecule has 0 unspecified atom stereocenters. The van der Waals surface area contributed by atoms with Crippen LogP contribution < -0.4 is 10.9 Å². The molecule has 1 atom stereocenters. The van der Waals surface area contributed by atoms with Crippen molar-refractivity contribution in [3.05, 3.63) is 69.8 Å². The van der Waals surface area contributed by atoms with E-state index in [1.807, 2.05) is 56.3 Å². The van der Waals surface area contributed by atoms with E-state index in [0.717, 1.165) is 24.0 Å². The minimum atomic E-state index is -0.951. The summed E-state index contributed by atoms with van der Waals surface area (Å²) >= 11 is 0. The number of fused-ring (bicyclic) bond motifs is 1. The summed E-state index contributed by atoms with van der Waals surface area (Å²) in [4.78, 5) is 34.0. The van der Waals surface area contributed by atoms with Gasteiger partial charge in [0.15, 0.2) is 11.5 Å². The highest BCUT2D eigenvalue weighted by Gasteiger charge is 2.22. The van der Waals surface area contributed by atoms with Crippen LogP contribution in [0.2, 0.25) is 0 Å². The van der Waals surface area contributed by atoms with Gasteiger partial charge in [0.2, 0.25) is 0 Å². The third kappa shape index (κ3) is 4.54. The Hall–Kier alpha value is -4.01. The number of benzene rings is 1. The second-order valence-electron chi connectivity index (χ2n) is 8.16. The molecular weight excluding hydrogens is 434 g/mol. The molecule has 0 aliphatic rings. The summed E-state index contributed by atoms with van der Waals surface area (Å²) in [6, 6.07) is 13.2. The van der Waals surface area contributed by atoms with Crippen LogP contribution in [0.3, 0.4) is 0 Å². The molecule has 3 heterocycles. The molecule has 0 aliphatic carbocycles. The smallest absolute Gasteiger partial charge is 0.305 e. The molecule has 34 heavy (non-hydrogen) atoms. The average molecular weight is 462 g/mol. The molecule has 4 rings (SSSR count). The molecule has 0 amide bonds. The van der Waals surface area contributed by atoms with E-state index < -0.39 is 5.97 Å². The molecule has 0 bridgehead atoms. The van der Waals surface area contributed by atoms with E-state index in [4.69, 9.17) is 14.6 Å². The van der Waals surface area contributed by atoms with Crippen molar-refractivity contribution < 1.29 is 14.4 Å². The van der Waals surface area contributed by atoms with E-state index in [1.54, 1.807) is 4.57 Å². The van der Waals surface area contributed by atoms with Crippen molar-refractivity contribution in [3.8, 4) is 11.3 Å². The summed E-state index contributed by atoms with van der Waals surface area (Å²) in [6.45, 7) is 5.84. The number of carboxylic acids is 1. The quantitative estimate of drug-likeness (QED) is 0.377. The second kappa shape index (κ2) is 9.86. The third-order valence-corrected chi connectivity index (χ3v) is 5.72. The molecule has 4 aromatic rings. The normalized spacial score (nSPS) is 12.1. The van der Waals surface area contributed by atoms with Crippen molar-refractivity contribution in [3.63, 3.8) is 0 Å². The van der Waals surface area contributed by atoms with Gasteiger partial charge in [0.25, 0.3) is 5.56 Å². The number of hydrogen-bond acceptors (Lipinski definition) is 7. The Kier molecular flexibility index (Phi) is 6.72. The molecular formula is C25H27N5O4. The lowest BCUT2D eigenvalue weighted by Crippen LogP contribution is -2.30. The lowest BCUT2D eigenvalue weighted by Gasteiger charge is -2.22. The molecule has 0 saturated heterocycles. The SMILES string of the molecule is CCC[C@@H](c1ccccc1)n1c(=O)c(NCCC(=O)O)nc2ccc(-c3c(C)noc3C)nc21. The second-order valence-corrected chi connectivity index (χ2v) is 8.16. The van der Waals surface area contributed by atoms with Crippen LogP contribution in [-0.2, 0) is 4.79 Å². The number of aliphatic carboxylic acids is 1. The first-order valence-corrected chi connectivity index (χ1v) is 11.3. The number of carbonyl (C=O) groups is 1. The summed E-state index contributed by atoms with van der Waals surface area (Å²) < 4.78 is 6.99. The first-order valence-electron chi connectivity index (χ1n) is 11.3. The first-order chi connectivity index (χ1) is 16.4. The Morgan fingerprint density at radius 1 is 1.15 bits per heavy atom. The largest absolute Gasteiger partial charge is 0.481 e. The zero-order valence-electron chi connectivity index (χ0n) is 19.4. The predicted octanol–water partition coefficient (Wildman–Crippen LogP) is 4.34. The zero-order chi connectivity index (χ0) is 24.2. The number of nitrogens with zero attached hydrogens (tertiary/aromatic N) is 4. The van der Waals surface area contributed by atoms with Crippen LogP contribution >= 0.6 is 0 Å². The van der Waals surface area contributed by atoms with Crippen molar-refractivity contribution in [2.75, 3.05) is 11.9 Å². The number of rotatable bonds is 9. The van der Waals surface area contributed by atoms with Crippen molar-refractivity contribution in [1.29, 1.82) is 0 Å². The van der Waals surface area contributed by atoms with Gasteiger partial charge < -0.3 is 14.9 Å². The van der Waals surface area contributed by atoms with Crippen molar-refractivity contribution in [1.82, 2.24) is 19.7 Å². The summed E-state index contributed by atoms with van der Waals surface area (Å²) in [5.41, 5.74) is 3.78. The van der Waals surface area contributed by atoms with Crippen molar-refractivity contribution in [2.45, 2.75) is 46.1 Å². The van der Waals surface area contributed by atoms with Crippen LogP contribution in [0.4, 0.5) is 5.82 Å². The molecule has 0 saturated carbocycles. The van der Waals surface area contributed by atoms with Gasteiger partial charge in [-0.1, -0.05) is 48.8 Å². The highest BCUT2D eigenvalue weighted by atomic mass is 16.5. The van der Waals surface area contributed by atoms with Gasteiger partial charge >= 0.3 is 5.97 Å². The molecule has 0 aliphatic heterocycles. The molecule has 2 N–H and O–H groups in total. The summed E-state index contributed by atoms with van der Waals surface area (Å²) in [5.74, 6) is -0.198. The Balaban J connectivity index is 1.96. The van der Waals surface area contributed by atoms with E-state index >= 15 is 0 Å². The van der Waals surface area contributed by atoms with E-state index in [-0.39, 0.29) is 30.4 Å². The van der Waals surface area contributed by atoms with Gasteiger partial charge in [0.1, 0.15) is 11.3 Å². The van der Waals surface area contributed by atoms with E-state index in [2.05, 4.69) is 22.4 Å². The predicted molar refractivity (Wildman–Crippen MR) is 129 cm³/mol. The van der Waals surface area contributed by atoms with Gasteiger partial charge in [-0.2, -0.15) is 0 Å². The monoisotopic (exact) mass is 461 g/mol. The Morgan fingerprint density at radius 3 is 2.56 bits per heavy atom. The van der Waals surface area contributed by atoms with Gasteiger partial charge in [-0.3, -0.25) is 14.2 Å². The highest BCUT2D eigenvalue weighted by molar-refractivity contribution is 5.78. The lowest BCUT2D eigenvalue weighted by atomic mass is 10.0. The maximum absolute atomic E-state index is 13.7. The molecule has 1 aromatic carbocycles. The van der Waals surface area contributed by atoms with Crippen LogP contribution in [-0.4, -0.2) is 37.3 Å². The minimum absolute atomic E-state index is 0.0947. The topological polar surface area (TPSA) is 123 Å². The average Bonchev–Trinajstić information content (AvgIpc) is 3.16. The molecule has 0 spiro atoms. The van der Waals surface area contributed by atoms with Gasteiger partial charge in [-0.05, 0) is 38.0 Å². The molecule has 0 radical (unpaired) electrons. The molecule has 176 valence electrons. The summed E-state index contributed by atoms with van der Waals surface area (Å²) in [6.07, 6.45) is 1.44. The fraction of sp³-hybridized carbons (Fsp3) is 0.320. The van der Waals surface area contributed by atoms with E-state index in [1.165, 1.54) is 0 Å². The molecule has 9 nitrogen and oxygen atoms in total. The lowest BCUT2D eigenvalue weighted by molar-refractivity contribution is -0.136. The number of carboxylic acid groups (broad SMARTS) is 1. The maximum Gasteiger partial charge on any atom is 0.305 e. The first kappa shape index (κ1) is 23.2. The fourth-order valence-electron chi connectivity index (χ4n) is 4.16. The number of aromatic nitrogens is 4. The van der Waals surface area contributed by atoms with Crippen LogP contribution in [0.1, 0.15) is 49.2 Å². The number of aryl methyl sites for hydroxylation is 2. The van der Waals surface area contributed by atoms with Crippen molar-refractivity contribution >= 4 is 23.0 Å². The number of nitrogens with one attached hydrogen (secondary N) is 1. The van der Waals surface area contributed by atoms with Gasteiger partial charge in [0.05, 0.1) is 29.4 Å². The van der Waals surface area contributed by atoms with Crippen LogP contribution in [0.5, 0.6) is 0 Å². The molecule has 9 heteroatoms. The third-order valence-electron chi connectivity index (χ3n) is 5.72. The van der Waals surface area contributed by atoms with Crippen LogP contribution in [0.15, 0.2) is 51.8 Å². The molecule has 3 aromatic heterocycles. The molecule has 0 fully saturated rings. The standard InChI is InChI=1S/C25H27N5O4/c1-4-8-20(17-9-6-5-7-10-17)30-24-19(27-23(25(30)33)26-14-13-21(31)32)12-11-18(28-24)22-15(2)29-34-16(22)3/h5-7,9-12,20H,4,8,13-14H2,1-3H3,(H,26,27)(H,31,32)/t20-/m0/s1. The number of hydrogen-bond donors (Lipinski definition) is 2. The van der Waals surface area contributed by atoms with E-state index in [9.17, 15) is 9.59 Å². The van der Waals surface area contributed by atoms with E-state index in [0.29, 0.717) is 28.3 Å². The minimum Gasteiger partial charge on any atom is -0.481 e. The Bertz CT molecular complexity index is 1360. The Morgan fingerprint density at radius 2 is 1.91 bits per heavy atom. The van der Waals surface area contributed by atoms with Crippen molar-refractivity contribution in [2.24, 2.45) is 0 Å². The number of anilines is 1. The summed E-state index contributed by atoms with van der Waals surface area (Å²) in [5, 5.41) is 15.9. The fourth-order valence-corrected chi connectivity index (χ4v) is 4.16. The van der Waals surface area contributed by atoms with Crippen LogP contribution in [0, 0.1) is 13.8 Å². The summed E-state index contributed by atoms with van der Waals surface area (Å²) in [7, 11) is 0. The maximum atomic E-state index is 13.7. The number of pyridine rings is 1. The Labute approximate surface area is 196 Å². The van der Waals surface area contributed by atoms with Gasteiger partial charge in [-0.25, -0.2) is 9.97 Å². The highest BCUT2D eigenvalue weighted by Crippen LogP contribution is 2.29. The van der Waals surface area contributed by atoms with Gasteiger partial charge in [-0.15, -0.1) is 0 Å².